The Labute approximate surface area is 181 Å². The maximum Gasteiger partial charge on any atom is 0.260 e. The normalized spacial score (nSPS) is 10.6. The highest BCUT2D eigenvalue weighted by Crippen LogP contribution is 2.32. The Hall–Kier alpha value is -3.05. The highest BCUT2D eigenvalue weighted by Gasteiger charge is 2.15. The van der Waals surface area contributed by atoms with E-state index >= 15 is 0 Å². The summed E-state index contributed by atoms with van der Waals surface area (Å²) in [6, 6.07) is 11.5. The molecule has 0 aliphatic heterocycles. The van der Waals surface area contributed by atoms with Gasteiger partial charge in [-0.1, -0.05) is 37.6 Å². The lowest BCUT2D eigenvalue weighted by Gasteiger charge is -2.12. The minimum Gasteiger partial charge on any atom is -0.292 e. The molecule has 0 radical (unpaired) electrons. The van der Waals surface area contributed by atoms with E-state index in [1.807, 2.05) is 71.0 Å². The van der Waals surface area contributed by atoms with Gasteiger partial charge in [-0.15, -0.1) is 0 Å². The molecular weight excluding hydrogens is 396 g/mol. The molecule has 0 amide bonds. The van der Waals surface area contributed by atoms with E-state index in [0.29, 0.717) is 34.2 Å². The second-order valence-corrected chi connectivity index (χ2v) is 7.09. The van der Waals surface area contributed by atoms with Gasteiger partial charge in [-0.3, -0.25) is 14.3 Å². The van der Waals surface area contributed by atoms with Crippen LogP contribution >= 0.6 is 11.6 Å². The van der Waals surface area contributed by atoms with E-state index in [9.17, 15) is 4.79 Å². The molecule has 0 spiro atoms. The number of nitrogens with zero attached hydrogens (tertiary/aromatic N) is 4. The van der Waals surface area contributed by atoms with Gasteiger partial charge < -0.3 is 0 Å². The zero-order valence-electron chi connectivity index (χ0n) is 17.9. The molecule has 0 saturated carbocycles. The largest absolute Gasteiger partial charge is 0.292 e. The third-order valence-electron chi connectivity index (χ3n) is 4.75. The van der Waals surface area contributed by atoms with Crippen molar-refractivity contribution in [3.63, 3.8) is 0 Å². The maximum absolute atomic E-state index is 13.1. The maximum atomic E-state index is 13.1. The number of rotatable bonds is 3. The predicted octanol–water partition coefficient (Wildman–Crippen LogP) is 5.84. The van der Waals surface area contributed by atoms with E-state index in [2.05, 4.69) is 15.0 Å². The molecule has 0 aliphatic rings. The van der Waals surface area contributed by atoms with E-state index in [1.54, 1.807) is 17.0 Å². The lowest BCUT2D eigenvalue weighted by atomic mass is 10.0. The molecule has 6 heteroatoms. The summed E-state index contributed by atoms with van der Waals surface area (Å²) in [6.45, 7) is 10.2. The first-order valence-corrected chi connectivity index (χ1v) is 10.5. The Kier molecular flexibility index (Phi) is 6.63. The van der Waals surface area contributed by atoms with E-state index in [1.165, 1.54) is 0 Å². The second kappa shape index (κ2) is 9.18. The molecule has 0 fully saturated rings. The fraction of sp³-hybridized carbons (Fsp3) is 0.250. The first-order valence-electron chi connectivity index (χ1n) is 10.1. The van der Waals surface area contributed by atoms with Crippen LogP contribution in [0.15, 0.2) is 53.6 Å². The molecular formula is C24H25ClN4O. The monoisotopic (exact) mass is 420 g/mol. The SMILES string of the molecule is CC.CCn1c(=O)c(-c2ccc(-c3ccnc(C)c3)cc2Cl)cc2cnc(C)nc21. The Morgan fingerprint density at radius 1 is 0.967 bits per heavy atom. The zero-order chi connectivity index (χ0) is 21.8. The van der Waals surface area contributed by atoms with Crippen molar-refractivity contribution in [2.24, 2.45) is 0 Å². The van der Waals surface area contributed by atoms with Gasteiger partial charge >= 0.3 is 0 Å². The van der Waals surface area contributed by atoms with Crippen molar-refractivity contribution in [2.75, 3.05) is 0 Å². The molecule has 154 valence electrons. The number of aromatic nitrogens is 4. The molecule has 4 rings (SSSR count). The first-order chi connectivity index (χ1) is 14.5. The zero-order valence-corrected chi connectivity index (χ0v) is 18.7. The lowest BCUT2D eigenvalue weighted by Crippen LogP contribution is -2.22. The standard InChI is InChI=1S/C22H19ClN4O.C2H6/c1-4-27-21-17(12-25-14(3)26-21)10-19(22(27)28)18-6-5-15(11-20(18)23)16-7-8-24-13(2)9-16;1-2/h5-12H,4H2,1-3H3;1-2H3. The van der Waals surface area contributed by atoms with Crippen molar-refractivity contribution >= 4 is 22.6 Å². The van der Waals surface area contributed by atoms with Gasteiger partial charge in [0.15, 0.2) is 0 Å². The summed E-state index contributed by atoms with van der Waals surface area (Å²) in [5, 5.41) is 1.34. The van der Waals surface area contributed by atoms with Gasteiger partial charge in [0.25, 0.3) is 5.56 Å². The van der Waals surface area contributed by atoms with Crippen LogP contribution < -0.4 is 5.56 Å². The fourth-order valence-corrected chi connectivity index (χ4v) is 3.65. The molecule has 30 heavy (non-hydrogen) atoms. The fourth-order valence-electron chi connectivity index (χ4n) is 3.37. The van der Waals surface area contributed by atoms with Crippen molar-refractivity contribution in [1.82, 2.24) is 19.5 Å². The molecule has 4 aromatic rings. The van der Waals surface area contributed by atoms with Gasteiger partial charge in [0, 0.05) is 46.2 Å². The molecule has 1 aromatic carbocycles. The summed E-state index contributed by atoms with van der Waals surface area (Å²) in [6.07, 6.45) is 3.52. The Bertz CT molecular complexity index is 1260. The summed E-state index contributed by atoms with van der Waals surface area (Å²) < 4.78 is 1.66. The van der Waals surface area contributed by atoms with Crippen LogP contribution in [0.4, 0.5) is 0 Å². The van der Waals surface area contributed by atoms with E-state index in [4.69, 9.17) is 11.6 Å². The van der Waals surface area contributed by atoms with Crippen molar-refractivity contribution in [2.45, 2.75) is 41.2 Å². The Balaban J connectivity index is 0.00000124. The highest BCUT2D eigenvalue weighted by molar-refractivity contribution is 6.33. The molecule has 0 atom stereocenters. The molecule has 3 heterocycles. The van der Waals surface area contributed by atoms with E-state index < -0.39 is 0 Å². The van der Waals surface area contributed by atoms with Crippen molar-refractivity contribution in [3.05, 3.63) is 75.7 Å². The number of benzene rings is 1. The number of pyridine rings is 2. The number of hydrogen-bond donors (Lipinski definition) is 0. The van der Waals surface area contributed by atoms with Gasteiger partial charge in [0.1, 0.15) is 11.5 Å². The molecule has 0 bridgehead atoms. The minimum atomic E-state index is -0.109. The van der Waals surface area contributed by atoms with Crippen LogP contribution in [0.3, 0.4) is 0 Å². The average molecular weight is 421 g/mol. The second-order valence-electron chi connectivity index (χ2n) is 6.68. The molecule has 0 aliphatic carbocycles. The molecule has 0 unspecified atom stereocenters. The van der Waals surface area contributed by atoms with Gasteiger partial charge in [0.05, 0.1) is 0 Å². The smallest absolute Gasteiger partial charge is 0.260 e. The van der Waals surface area contributed by atoms with Gasteiger partial charge in [-0.2, -0.15) is 0 Å². The van der Waals surface area contributed by atoms with Gasteiger partial charge in [-0.05, 0) is 56.2 Å². The Morgan fingerprint density at radius 3 is 2.37 bits per heavy atom. The van der Waals surface area contributed by atoms with Gasteiger partial charge in [0.2, 0.25) is 0 Å². The minimum absolute atomic E-state index is 0.109. The Morgan fingerprint density at radius 2 is 1.70 bits per heavy atom. The van der Waals surface area contributed by atoms with Crippen LogP contribution in [0.2, 0.25) is 5.02 Å². The average Bonchev–Trinajstić information content (AvgIpc) is 2.75. The third kappa shape index (κ3) is 4.12. The van der Waals surface area contributed by atoms with Crippen LogP contribution in [-0.4, -0.2) is 19.5 Å². The summed E-state index contributed by atoms with van der Waals surface area (Å²) in [5.41, 5.74) is 4.74. The van der Waals surface area contributed by atoms with Crippen LogP contribution in [0.1, 0.15) is 32.3 Å². The highest BCUT2D eigenvalue weighted by atomic mass is 35.5. The molecule has 0 saturated heterocycles. The summed E-state index contributed by atoms with van der Waals surface area (Å²) in [4.78, 5) is 26.0. The van der Waals surface area contributed by atoms with Gasteiger partial charge in [-0.25, -0.2) is 9.97 Å². The van der Waals surface area contributed by atoms with Crippen LogP contribution in [-0.2, 0) is 6.54 Å². The summed E-state index contributed by atoms with van der Waals surface area (Å²) in [7, 11) is 0. The number of fused-ring (bicyclic) bond motifs is 1. The summed E-state index contributed by atoms with van der Waals surface area (Å²) in [5.74, 6) is 0.636. The van der Waals surface area contributed by atoms with Crippen LogP contribution in [0.5, 0.6) is 0 Å². The number of halogens is 1. The quantitative estimate of drug-likeness (QED) is 0.418. The third-order valence-corrected chi connectivity index (χ3v) is 5.07. The van der Waals surface area contributed by atoms with Crippen molar-refractivity contribution in [1.29, 1.82) is 0 Å². The van der Waals surface area contributed by atoms with Crippen LogP contribution in [0, 0.1) is 13.8 Å². The van der Waals surface area contributed by atoms with Crippen molar-refractivity contribution in [3.8, 4) is 22.3 Å². The lowest BCUT2D eigenvalue weighted by molar-refractivity contribution is 0.748. The number of hydrogen-bond acceptors (Lipinski definition) is 4. The molecule has 0 N–H and O–H groups in total. The molecule has 5 nitrogen and oxygen atoms in total. The molecule has 3 aromatic heterocycles. The van der Waals surface area contributed by atoms with E-state index in [-0.39, 0.29) is 5.56 Å². The topological polar surface area (TPSA) is 60.7 Å². The first kappa shape index (κ1) is 21.7. The van der Waals surface area contributed by atoms with Crippen LogP contribution in [0.25, 0.3) is 33.3 Å². The van der Waals surface area contributed by atoms with Crippen molar-refractivity contribution < 1.29 is 0 Å². The number of aryl methyl sites for hydroxylation is 3. The predicted molar refractivity (Wildman–Crippen MR) is 124 cm³/mol. The van der Waals surface area contributed by atoms with E-state index in [0.717, 1.165) is 22.2 Å². The summed E-state index contributed by atoms with van der Waals surface area (Å²) >= 11 is 6.60.